The number of anilines is 2. The van der Waals surface area contributed by atoms with Crippen molar-refractivity contribution in [2.45, 2.75) is 6.42 Å². The van der Waals surface area contributed by atoms with Crippen LogP contribution in [-0.2, 0) is 14.3 Å². The first-order valence-electron chi connectivity index (χ1n) is 11.7. The van der Waals surface area contributed by atoms with Crippen LogP contribution in [0.25, 0.3) is 0 Å². The van der Waals surface area contributed by atoms with Crippen LogP contribution in [0.1, 0.15) is 27.1 Å². The maximum Gasteiger partial charge on any atom is 0.311 e. The third-order valence-electron chi connectivity index (χ3n) is 6.07. The number of Topliss-reactive ketones (excluding diaryl/α,β-unsaturated/α-hetero) is 1. The number of halogens is 1. The van der Waals surface area contributed by atoms with Gasteiger partial charge >= 0.3 is 5.97 Å². The van der Waals surface area contributed by atoms with Crippen LogP contribution < -0.4 is 19.7 Å². The van der Waals surface area contributed by atoms with Gasteiger partial charge in [-0.05, 0) is 48.5 Å². The lowest BCUT2D eigenvalue weighted by Gasteiger charge is -2.17. The molecule has 38 heavy (non-hydrogen) atoms. The van der Waals surface area contributed by atoms with Gasteiger partial charge in [0.1, 0.15) is 11.5 Å². The molecule has 10 heteroatoms. The zero-order valence-corrected chi connectivity index (χ0v) is 22.3. The number of ether oxygens (including phenoxy) is 3. The average molecular weight is 581 g/mol. The smallest absolute Gasteiger partial charge is 0.311 e. The highest BCUT2D eigenvalue weighted by atomic mass is 79.9. The van der Waals surface area contributed by atoms with E-state index in [-0.39, 0.29) is 30.6 Å². The Morgan fingerprint density at radius 2 is 1.63 bits per heavy atom. The fourth-order valence-electron chi connectivity index (χ4n) is 3.99. The minimum atomic E-state index is -0.691. The van der Waals surface area contributed by atoms with Crippen LogP contribution in [0.2, 0.25) is 0 Å². The first kappa shape index (κ1) is 26.9. The van der Waals surface area contributed by atoms with Gasteiger partial charge in [0.25, 0.3) is 5.91 Å². The van der Waals surface area contributed by atoms with E-state index >= 15 is 0 Å². The fourth-order valence-corrected chi connectivity index (χ4v) is 4.25. The lowest BCUT2D eigenvalue weighted by molar-refractivity contribution is -0.147. The molecule has 2 amide bonds. The molecular formula is C28H25BrN2O7. The van der Waals surface area contributed by atoms with Crippen molar-refractivity contribution < 1.29 is 33.4 Å². The number of methoxy groups -OCH3 is 2. The van der Waals surface area contributed by atoms with Gasteiger partial charge in [0.15, 0.2) is 12.4 Å². The highest BCUT2D eigenvalue weighted by molar-refractivity contribution is 9.10. The minimum absolute atomic E-state index is 0.0246. The molecule has 0 aliphatic carbocycles. The lowest BCUT2D eigenvalue weighted by atomic mass is 10.1. The van der Waals surface area contributed by atoms with Crippen molar-refractivity contribution >= 4 is 50.9 Å². The third-order valence-corrected chi connectivity index (χ3v) is 6.59. The summed E-state index contributed by atoms with van der Waals surface area (Å²) < 4.78 is 16.5. The van der Waals surface area contributed by atoms with Gasteiger partial charge in [-0.25, -0.2) is 0 Å². The Kier molecular flexibility index (Phi) is 8.42. The van der Waals surface area contributed by atoms with Gasteiger partial charge in [-0.2, -0.15) is 0 Å². The van der Waals surface area contributed by atoms with Crippen LogP contribution in [-0.4, -0.2) is 50.9 Å². The van der Waals surface area contributed by atoms with E-state index in [2.05, 4.69) is 21.2 Å². The van der Waals surface area contributed by atoms with Crippen LogP contribution in [0.4, 0.5) is 11.4 Å². The van der Waals surface area contributed by atoms with E-state index in [1.165, 1.54) is 19.1 Å². The average Bonchev–Trinajstić information content (AvgIpc) is 3.33. The quantitative estimate of drug-likeness (QED) is 0.293. The molecule has 3 aromatic rings. The van der Waals surface area contributed by atoms with Gasteiger partial charge in [-0.1, -0.05) is 28.1 Å². The number of hydrogen-bond donors (Lipinski definition) is 1. The van der Waals surface area contributed by atoms with Gasteiger partial charge < -0.3 is 24.4 Å². The van der Waals surface area contributed by atoms with Gasteiger partial charge in [0.2, 0.25) is 5.91 Å². The molecule has 0 bridgehead atoms. The van der Waals surface area contributed by atoms with Crippen LogP contribution >= 0.6 is 15.9 Å². The topological polar surface area (TPSA) is 111 Å². The van der Waals surface area contributed by atoms with E-state index in [1.807, 2.05) is 0 Å². The largest absolute Gasteiger partial charge is 0.497 e. The van der Waals surface area contributed by atoms with Crippen molar-refractivity contribution in [1.82, 2.24) is 0 Å². The molecule has 9 nitrogen and oxygen atoms in total. The maximum atomic E-state index is 12.8. The van der Waals surface area contributed by atoms with E-state index in [4.69, 9.17) is 14.2 Å². The molecule has 0 saturated carbocycles. The van der Waals surface area contributed by atoms with Gasteiger partial charge in [0, 0.05) is 40.3 Å². The summed E-state index contributed by atoms with van der Waals surface area (Å²) >= 11 is 3.30. The second-order valence-corrected chi connectivity index (χ2v) is 9.43. The fraction of sp³-hybridized carbons (Fsp3) is 0.214. The number of esters is 1. The van der Waals surface area contributed by atoms with Crippen LogP contribution in [0.3, 0.4) is 0 Å². The van der Waals surface area contributed by atoms with Crippen molar-refractivity contribution in [3.63, 3.8) is 0 Å². The van der Waals surface area contributed by atoms with Crippen LogP contribution in [0, 0.1) is 5.92 Å². The maximum absolute atomic E-state index is 12.8. The summed E-state index contributed by atoms with van der Waals surface area (Å²) in [7, 11) is 3.03. The second-order valence-electron chi connectivity index (χ2n) is 8.51. The summed E-state index contributed by atoms with van der Waals surface area (Å²) in [6.07, 6.45) is -0.0246. The van der Waals surface area contributed by atoms with E-state index < -0.39 is 18.5 Å². The minimum Gasteiger partial charge on any atom is -0.497 e. The summed E-state index contributed by atoms with van der Waals surface area (Å²) in [5.74, 6) is -1.19. The summed E-state index contributed by atoms with van der Waals surface area (Å²) in [6, 6.07) is 18.3. The SMILES string of the molecule is COc1ccc(OC)c(NC(=O)c2ccc(N3C[C@H](C(=O)OCC(=O)c4ccc(Br)cc4)CC3=O)cc2)c1. The number of ketones is 1. The number of rotatable bonds is 9. The molecule has 3 aromatic carbocycles. The zero-order valence-electron chi connectivity index (χ0n) is 20.7. The Bertz CT molecular complexity index is 1360. The summed E-state index contributed by atoms with van der Waals surface area (Å²) in [5.41, 5.74) is 1.80. The van der Waals surface area contributed by atoms with Crippen molar-refractivity contribution in [3.05, 3.63) is 82.3 Å². The number of carbonyl (C=O) groups is 4. The molecule has 1 N–H and O–H groups in total. The van der Waals surface area contributed by atoms with Crippen molar-refractivity contribution in [2.24, 2.45) is 5.92 Å². The van der Waals surface area contributed by atoms with Gasteiger partial charge in [-0.15, -0.1) is 0 Å². The molecule has 1 atom stereocenters. The molecular weight excluding hydrogens is 556 g/mol. The van der Waals surface area contributed by atoms with E-state index in [1.54, 1.807) is 66.7 Å². The van der Waals surface area contributed by atoms with Crippen molar-refractivity contribution in [3.8, 4) is 11.5 Å². The molecule has 1 aliphatic rings. The monoisotopic (exact) mass is 580 g/mol. The second kappa shape index (κ2) is 11.9. The van der Waals surface area contributed by atoms with Gasteiger partial charge in [-0.3, -0.25) is 19.2 Å². The standard InChI is InChI=1S/C28H25BrN2O7/c1-36-22-11-12-25(37-2)23(14-22)30-27(34)18-5-9-21(10-6-18)31-15-19(13-26(31)33)28(35)38-16-24(32)17-3-7-20(29)8-4-17/h3-12,14,19H,13,15-16H2,1-2H3,(H,30,34)/t19-/m1/s1. The van der Waals surface area contributed by atoms with Gasteiger partial charge in [0.05, 0.1) is 25.8 Å². The van der Waals surface area contributed by atoms with E-state index in [0.29, 0.717) is 34.0 Å². The third kappa shape index (κ3) is 6.20. The molecule has 0 aromatic heterocycles. The molecule has 0 unspecified atom stereocenters. The van der Waals surface area contributed by atoms with Crippen molar-refractivity contribution in [1.29, 1.82) is 0 Å². The molecule has 1 aliphatic heterocycles. The zero-order chi connectivity index (χ0) is 27.2. The Hall–Kier alpha value is -4.18. The molecule has 0 radical (unpaired) electrons. The van der Waals surface area contributed by atoms with E-state index in [9.17, 15) is 19.2 Å². The molecule has 1 saturated heterocycles. The summed E-state index contributed by atoms with van der Waals surface area (Å²) in [5, 5.41) is 2.79. The normalized spacial score (nSPS) is 14.7. The molecule has 196 valence electrons. The molecule has 1 heterocycles. The molecule has 0 spiro atoms. The summed E-state index contributed by atoms with van der Waals surface area (Å²) in [6.45, 7) is -0.274. The Labute approximate surface area is 227 Å². The number of nitrogens with one attached hydrogen (secondary N) is 1. The Morgan fingerprint density at radius 1 is 0.947 bits per heavy atom. The van der Waals surface area contributed by atoms with Crippen molar-refractivity contribution in [2.75, 3.05) is 37.6 Å². The van der Waals surface area contributed by atoms with Crippen LogP contribution in [0.5, 0.6) is 11.5 Å². The van der Waals surface area contributed by atoms with E-state index in [0.717, 1.165) is 4.47 Å². The predicted molar refractivity (Wildman–Crippen MR) is 144 cm³/mol. The number of amides is 2. The first-order chi connectivity index (χ1) is 18.3. The predicted octanol–water partition coefficient (Wildman–Crippen LogP) is 4.50. The lowest BCUT2D eigenvalue weighted by Crippen LogP contribution is -2.27. The number of benzene rings is 3. The summed E-state index contributed by atoms with van der Waals surface area (Å²) in [4.78, 5) is 51.7. The molecule has 4 rings (SSSR count). The highest BCUT2D eigenvalue weighted by Gasteiger charge is 2.36. The number of hydrogen-bond acceptors (Lipinski definition) is 7. The number of nitrogens with zero attached hydrogens (tertiary/aromatic N) is 1. The highest BCUT2D eigenvalue weighted by Crippen LogP contribution is 2.30. The Morgan fingerprint density at radius 3 is 2.29 bits per heavy atom. The first-order valence-corrected chi connectivity index (χ1v) is 12.5. The Balaban J connectivity index is 1.35. The van der Waals surface area contributed by atoms with Crippen LogP contribution in [0.15, 0.2) is 71.2 Å². The molecule has 1 fully saturated rings. The number of carbonyl (C=O) groups excluding carboxylic acids is 4.